The minimum absolute atomic E-state index is 0.0527. The molecule has 23 heavy (non-hydrogen) atoms. The zero-order chi connectivity index (χ0) is 16.8. The maximum absolute atomic E-state index is 9.95. The van der Waals surface area contributed by atoms with Crippen LogP contribution in [0, 0.1) is 11.3 Å². The molecule has 0 aliphatic carbocycles. The van der Waals surface area contributed by atoms with Gasteiger partial charge < -0.3 is 15.2 Å². The van der Waals surface area contributed by atoms with Gasteiger partial charge in [-0.2, -0.15) is 5.26 Å². The molecule has 0 aromatic heterocycles. The molecular formula is C16H13Cl3N2O2. The van der Waals surface area contributed by atoms with Crippen molar-refractivity contribution in [1.82, 2.24) is 0 Å². The van der Waals surface area contributed by atoms with Crippen molar-refractivity contribution in [2.45, 2.75) is 6.10 Å². The number of hydrogen-bond donors (Lipinski definition) is 2. The standard InChI is InChI=1S/C16H13Cl3N2O2/c17-13-2-1-3-15(16(13)19)23-9-12(22)8-21-11-5-4-10(7-20)14(18)6-11/h1-6,12,21-22H,8-9H2. The van der Waals surface area contributed by atoms with E-state index in [0.717, 1.165) is 0 Å². The van der Waals surface area contributed by atoms with Crippen LogP contribution in [0.3, 0.4) is 0 Å². The van der Waals surface area contributed by atoms with E-state index in [1.165, 1.54) is 0 Å². The highest BCUT2D eigenvalue weighted by Gasteiger charge is 2.10. The average molecular weight is 372 g/mol. The van der Waals surface area contributed by atoms with E-state index in [9.17, 15) is 5.11 Å². The zero-order valence-electron chi connectivity index (χ0n) is 11.9. The van der Waals surface area contributed by atoms with Crippen molar-refractivity contribution < 1.29 is 9.84 Å². The fourth-order valence-corrected chi connectivity index (χ4v) is 2.36. The molecule has 2 rings (SSSR count). The second-order valence-electron chi connectivity index (χ2n) is 4.70. The van der Waals surface area contributed by atoms with Crippen LogP contribution in [0.2, 0.25) is 15.1 Å². The minimum Gasteiger partial charge on any atom is -0.489 e. The fourth-order valence-electron chi connectivity index (χ4n) is 1.79. The van der Waals surface area contributed by atoms with Gasteiger partial charge in [0, 0.05) is 12.2 Å². The first kappa shape index (κ1) is 17.7. The number of anilines is 1. The zero-order valence-corrected chi connectivity index (χ0v) is 14.2. The Kier molecular flexibility index (Phi) is 6.37. The van der Waals surface area contributed by atoms with E-state index in [-0.39, 0.29) is 13.2 Å². The molecule has 0 aliphatic heterocycles. The third kappa shape index (κ3) is 4.92. The van der Waals surface area contributed by atoms with Crippen molar-refractivity contribution in [3.8, 4) is 11.8 Å². The SMILES string of the molecule is N#Cc1ccc(NCC(O)COc2cccc(Cl)c2Cl)cc1Cl. The fraction of sp³-hybridized carbons (Fsp3) is 0.188. The van der Waals surface area contributed by atoms with E-state index in [1.807, 2.05) is 6.07 Å². The topological polar surface area (TPSA) is 65.3 Å². The number of nitrogens with one attached hydrogen (secondary N) is 1. The summed E-state index contributed by atoms with van der Waals surface area (Å²) in [5.41, 5.74) is 1.10. The molecule has 2 aromatic carbocycles. The molecule has 2 aromatic rings. The van der Waals surface area contributed by atoms with Gasteiger partial charge in [0.1, 0.15) is 29.6 Å². The summed E-state index contributed by atoms with van der Waals surface area (Å²) >= 11 is 17.8. The van der Waals surface area contributed by atoms with Crippen LogP contribution in [0.25, 0.3) is 0 Å². The van der Waals surface area contributed by atoms with Crippen molar-refractivity contribution in [3.63, 3.8) is 0 Å². The lowest BCUT2D eigenvalue weighted by molar-refractivity contribution is 0.117. The second-order valence-corrected chi connectivity index (χ2v) is 5.90. The van der Waals surface area contributed by atoms with Crippen LogP contribution < -0.4 is 10.1 Å². The van der Waals surface area contributed by atoms with Gasteiger partial charge in [0.05, 0.1) is 15.6 Å². The molecule has 0 radical (unpaired) electrons. The highest BCUT2D eigenvalue weighted by molar-refractivity contribution is 6.42. The molecule has 0 bridgehead atoms. The average Bonchev–Trinajstić information content (AvgIpc) is 2.54. The summed E-state index contributed by atoms with van der Waals surface area (Å²) in [6.45, 7) is 0.303. The van der Waals surface area contributed by atoms with Crippen LogP contribution in [-0.2, 0) is 0 Å². The molecule has 4 nitrogen and oxygen atoms in total. The third-order valence-corrected chi connectivity index (χ3v) is 4.09. The lowest BCUT2D eigenvalue weighted by Crippen LogP contribution is -2.26. The Morgan fingerprint density at radius 3 is 2.65 bits per heavy atom. The Hall–Kier alpha value is -1.64. The molecule has 0 saturated heterocycles. The summed E-state index contributed by atoms with van der Waals surface area (Å²) in [7, 11) is 0. The van der Waals surface area contributed by atoms with E-state index in [4.69, 9.17) is 44.8 Å². The number of nitrogens with zero attached hydrogens (tertiary/aromatic N) is 1. The molecule has 0 saturated carbocycles. The van der Waals surface area contributed by atoms with Crippen LogP contribution in [0.15, 0.2) is 36.4 Å². The first-order chi connectivity index (χ1) is 11.0. The van der Waals surface area contributed by atoms with E-state index < -0.39 is 6.10 Å². The van der Waals surface area contributed by atoms with E-state index in [0.29, 0.717) is 32.1 Å². The first-order valence-corrected chi connectivity index (χ1v) is 7.83. The molecule has 0 aliphatic rings. The van der Waals surface area contributed by atoms with Gasteiger partial charge in [0.25, 0.3) is 0 Å². The van der Waals surface area contributed by atoms with Gasteiger partial charge in [-0.25, -0.2) is 0 Å². The third-order valence-electron chi connectivity index (χ3n) is 2.98. The molecule has 0 heterocycles. The summed E-state index contributed by atoms with van der Waals surface area (Å²) in [4.78, 5) is 0. The van der Waals surface area contributed by atoms with Crippen molar-refractivity contribution >= 4 is 40.5 Å². The lowest BCUT2D eigenvalue weighted by atomic mass is 10.2. The van der Waals surface area contributed by atoms with Gasteiger partial charge in [-0.1, -0.05) is 40.9 Å². The second kappa shape index (κ2) is 8.28. The summed E-state index contributed by atoms with van der Waals surface area (Å²) in [6.07, 6.45) is -0.764. The smallest absolute Gasteiger partial charge is 0.139 e. The predicted octanol–water partition coefficient (Wildman–Crippen LogP) is 4.37. The number of hydrogen-bond acceptors (Lipinski definition) is 4. The number of aliphatic hydroxyl groups is 1. The molecule has 1 atom stereocenters. The Morgan fingerprint density at radius 2 is 1.96 bits per heavy atom. The van der Waals surface area contributed by atoms with E-state index in [2.05, 4.69) is 5.32 Å². The molecule has 0 amide bonds. The summed E-state index contributed by atoms with van der Waals surface area (Å²) in [5, 5.41) is 22.8. The monoisotopic (exact) mass is 370 g/mol. The molecule has 0 spiro atoms. The van der Waals surface area contributed by atoms with Crippen molar-refractivity contribution in [1.29, 1.82) is 5.26 Å². The van der Waals surface area contributed by atoms with Crippen LogP contribution in [0.4, 0.5) is 5.69 Å². The molecule has 1 unspecified atom stereocenters. The molecule has 120 valence electrons. The van der Waals surface area contributed by atoms with Gasteiger partial charge in [-0.05, 0) is 30.3 Å². The van der Waals surface area contributed by atoms with Crippen LogP contribution in [0.5, 0.6) is 5.75 Å². The van der Waals surface area contributed by atoms with Gasteiger partial charge in [-0.3, -0.25) is 0 Å². The Balaban J connectivity index is 1.86. The van der Waals surface area contributed by atoms with Crippen LogP contribution >= 0.6 is 34.8 Å². The number of rotatable bonds is 6. The lowest BCUT2D eigenvalue weighted by Gasteiger charge is -2.15. The maximum atomic E-state index is 9.95. The number of benzene rings is 2. The molecule has 7 heteroatoms. The van der Waals surface area contributed by atoms with Crippen LogP contribution in [0.1, 0.15) is 5.56 Å². The Bertz CT molecular complexity index is 732. The predicted molar refractivity (Wildman–Crippen MR) is 92.6 cm³/mol. The van der Waals surface area contributed by atoms with E-state index in [1.54, 1.807) is 36.4 Å². The van der Waals surface area contributed by atoms with Gasteiger partial charge >= 0.3 is 0 Å². The van der Waals surface area contributed by atoms with Crippen molar-refractivity contribution in [2.75, 3.05) is 18.5 Å². The number of ether oxygens (including phenoxy) is 1. The maximum Gasteiger partial charge on any atom is 0.139 e. The minimum atomic E-state index is -0.764. The largest absolute Gasteiger partial charge is 0.489 e. The van der Waals surface area contributed by atoms with Gasteiger partial charge in [0.2, 0.25) is 0 Å². The van der Waals surface area contributed by atoms with Gasteiger partial charge in [0.15, 0.2) is 0 Å². The molecular weight excluding hydrogens is 359 g/mol. The number of aliphatic hydroxyl groups excluding tert-OH is 1. The van der Waals surface area contributed by atoms with Gasteiger partial charge in [-0.15, -0.1) is 0 Å². The molecule has 2 N–H and O–H groups in total. The first-order valence-electron chi connectivity index (χ1n) is 6.69. The number of nitriles is 1. The highest BCUT2D eigenvalue weighted by Crippen LogP contribution is 2.31. The van der Waals surface area contributed by atoms with E-state index >= 15 is 0 Å². The number of halogens is 3. The normalized spacial score (nSPS) is 11.6. The summed E-state index contributed by atoms with van der Waals surface area (Å²) in [6, 6.07) is 12.0. The summed E-state index contributed by atoms with van der Waals surface area (Å²) < 4.78 is 5.45. The quantitative estimate of drug-likeness (QED) is 0.791. The van der Waals surface area contributed by atoms with Crippen molar-refractivity contribution in [2.24, 2.45) is 0 Å². The molecule has 0 fully saturated rings. The summed E-state index contributed by atoms with van der Waals surface area (Å²) in [5.74, 6) is 0.416. The highest BCUT2D eigenvalue weighted by atomic mass is 35.5. The van der Waals surface area contributed by atoms with Crippen LogP contribution in [-0.4, -0.2) is 24.4 Å². The Morgan fingerprint density at radius 1 is 1.17 bits per heavy atom. The Labute approximate surface area is 149 Å². The van der Waals surface area contributed by atoms with Crippen molar-refractivity contribution in [3.05, 3.63) is 57.0 Å².